The van der Waals surface area contributed by atoms with Gasteiger partial charge in [0.1, 0.15) is 6.26 Å². The van der Waals surface area contributed by atoms with E-state index in [1.807, 2.05) is 18.2 Å². The molecular formula is C30H34N4O5S. The van der Waals surface area contributed by atoms with Gasteiger partial charge in [0.05, 0.1) is 16.8 Å². The monoisotopic (exact) mass is 562 g/mol. The summed E-state index contributed by atoms with van der Waals surface area (Å²) in [5.41, 5.74) is 3.94. The van der Waals surface area contributed by atoms with Crippen molar-refractivity contribution in [2.24, 2.45) is 5.92 Å². The van der Waals surface area contributed by atoms with Gasteiger partial charge in [-0.2, -0.15) is 0 Å². The number of carbonyl (C=O) groups excluding carboxylic acids is 1. The normalized spacial score (nSPS) is 14.0. The van der Waals surface area contributed by atoms with Crippen LogP contribution in [-0.2, 0) is 21.4 Å². The molecule has 4 aromatic rings. The summed E-state index contributed by atoms with van der Waals surface area (Å²) >= 11 is 0. The van der Waals surface area contributed by atoms with Crippen LogP contribution < -0.4 is 4.72 Å². The van der Waals surface area contributed by atoms with E-state index in [-0.39, 0.29) is 16.7 Å². The molecule has 0 aliphatic heterocycles. The Kier molecular flexibility index (Phi) is 8.07. The van der Waals surface area contributed by atoms with Crippen LogP contribution in [0.3, 0.4) is 0 Å². The van der Waals surface area contributed by atoms with Crippen molar-refractivity contribution in [3.05, 3.63) is 71.7 Å². The molecule has 2 aromatic heterocycles. The SMILES string of the molecule is Cc1noc(NS(=O)(=O)c2ccccc2-c2ccc(-c3ncco3)cc2CN(C)C(=O)CCC2CCCC2)c1C. The van der Waals surface area contributed by atoms with E-state index in [4.69, 9.17) is 8.94 Å². The summed E-state index contributed by atoms with van der Waals surface area (Å²) in [5, 5.41) is 3.86. The van der Waals surface area contributed by atoms with Gasteiger partial charge in [-0.05, 0) is 55.5 Å². The van der Waals surface area contributed by atoms with Gasteiger partial charge in [-0.25, -0.2) is 18.1 Å². The summed E-state index contributed by atoms with van der Waals surface area (Å²) in [6.07, 6.45) is 9.37. The predicted octanol–water partition coefficient (Wildman–Crippen LogP) is 6.34. The minimum absolute atomic E-state index is 0.0677. The number of sulfonamides is 1. The molecule has 2 heterocycles. The van der Waals surface area contributed by atoms with Crippen molar-refractivity contribution in [3.8, 4) is 22.6 Å². The number of nitrogens with zero attached hydrogens (tertiary/aromatic N) is 3. The van der Waals surface area contributed by atoms with Gasteiger partial charge in [-0.1, -0.05) is 55.1 Å². The molecule has 40 heavy (non-hydrogen) atoms. The van der Waals surface area contributed by atoms with Crippen molar-refractivity contribution in [2.45, 2.75) is 63.8 Å². The maximum absolute atomic E-state index is 13.6. The highest BCUT2D eigenvalue weighted by atomic mass is 32.2. The second-order valence-electron chi connectivity index (χ2n) is 10.5. The fraction of sp³-hybridized carbons (Fsp3) is 0.367. The topological polar surface area (TPSA) is 119 Å². The number of rotatable bonds is 10. The van der Waals surface area contributed by atoms with Gasteiger partial charge in [-0.15, -0.1) is 0 Å². The Morgan fingerprint density at radius 2 is 1.88 bits per heavy atom. The molecule has 2 aromatic carbocycles. The molecule has 0 spiro atoms. The van der Waals surface area contributed by atoms with E-state index in [1.54, 1.807) is 56.3 Å². The molecule has 5 rings (SSSR count). The molecule has 10 heteroatoms. The molecule has 1 aliphatic rings. The second-order valence-corrected chi connectivity index (χ2v) is 12.1. The van der Waals surface area contributed by atoms with E-state index < -0.39 is 10.0 Å². The van der Waals surface area contributed by atoms with Crippen LogP contribution in [0, 0.1) is 19.8 Å². The molecule has 0 atom stereocenters. The standard InChI is InChI=1S/C30H34N4O5S/c1-20-21(2)32-39-29(20)33-40(36,37)27-11-7-6-10-26(27)25-14-13-23(30-31-16-17-38-30)18-24(25)19-34(3)28(35)15-12-22-8-4-5-9-22/h6-7,10-11,13-14,16-18,22,33H,4-5,8-9,12,15,19H2,1-3H3. The molecular weight excluding hydrogens is 528 g/mol. The van der Waals surface area contributed by atoms with Crippen LogP contribution in [-0.4, -0.2) is 36.4 Å². The molecule has 1 aliphatic carbocycles. The summed E-state index contributed by atoms with van der Waals surface area (Å²) in [5.74, 6) is 1.22. The first-order chi connectivity index (χ1) is 19.2. The average molecular weight is 563 g/mol. The number of hydrogen-bond acceptors (Lipinski definition) is 7. The molecule has 1 amide bonds. The van der Waals surface area contributed by atoms with E-state index in [0.717, 1.165) is 17.5 Å². The number of oxazole rings is 1. The second kappa shape index (κ2) is 11.7. The van der Waals surface area contributed by atoms with E-state index in [9.17, 15) is 13.2 Å². The van der Waals surface area contributed by atoms with Crippen LogP contribution in [0.5, 0.6) is 0 Å². The van der Waals surface area contributed by atoms with Crippen molar-refractivity contribution in [1.29, 1.82) is 0 Å². The van der Waals surface area contributed by atoms with Crippen LogP contribution in [0.15, 0.2) is 68.8 Å². The Hall–Kier alpha value is -3.92. The number of aromatic nitrogens is 2. The predicted molar refractivity (Wildman–Crippen MR) is 152 cm³/mol. The third-order valence-electron chi connectivity index (χ3n) is 7.71. The molecule has 0 radical (unpaired) electrons. The van der Waals surface area contributed by atoms with Crippen LogP contribution in [0.25, 0.3) is 22.6 Å². The van der Waals surface area contributed by atoms with Crippen molar-refractivity contribution in [3.63, 3.8) is 0 Å². The summed E-state index contributed by atoms with van der Waals surface area (Å²) in [6, 6.07) is 12.4. The van der Waals surface area contributed by atoms with Gasteiger partial charge < -0.3 is 13.8 Å². The van der Waals surface area contributed by atoms with E-state index in [0.29, 0.717) is 47.2 Å². The maximum Gasteiger partial charge on any atom is 0.264 e. The summed E-state index contributed by atoms with van der Waals surface area (Å²) in [7, 11) is -2.24. The van der Waals surface area contributed by atoms with E-state index in [2.05, 4.69) is 14.9 Å². The molecule has 210 valence electrons. The maximum atomic E-state index is 13.6. The lowest BCUT2D eigenvalue weighted by atomic mass is 9.96. The minimum atomic E-state index is -4.03. The highest BCUT2D eigenvalue weighted by Gasteiger charge is 2.25. The van der Waals surface area contributed by atoms with Gasteiger partial charge in [0.2, 0.25) is 17.7 Å². The highest BCUT2D eigenvalue weighted by molar-refractivity contribution is 7.92. The molecule has 0 unspecified atom stereocenters. The smallest absolute Gasteiger partial charge is 0.264 e. The first-order valence-electron chi connectivity index (χ1n) is 13.5. The van der Waals surface area contributed by atoms with Crippen LogP contribution >= 0.6 is 0 Å². The summed E-state index contributed by atoms with van der Waals surface area (Å²) in [4.78, 5) is 19.2. The van der Waals surface area contributed by atoms with Gasteiger partial charge in [-0.3, -0.25) is 4.79 Å². The zero-order valence-electron chi connectivity index (χ0n) is 23.0. The van der Waals surface area contributed by atoms with Gasteiger partial charge in [0.15, 0.2) is 0 Å². The third kappa shape index (κ3) is 5.96. The third-order valence-corrected chi connectivity index (χ3v) is 9.10. The summed E-state index contributed by atoms with van der Waals surface area (Å²) < 4.78 is 40.4. The molecule has 1 fully saturated rings. The molecule has 1 saturated carbocycles. The minimum Gasteiger partial charge on any atom is -0.445 e. The van der Waals surface area contributed by atoms with Crippen LogP contribution in [0.2, 0.25) is 0 Å². The van der Waals surface area contributed by atoms with Crippen molar-refractivity contribution in [2.75, 3.05) is 11.8 Å². The number of hydrogen-bond donors (Lipinski definition) is 1. The molecule has 0 bridgehead atoms. The zero-order valence-corrected chi connectivity index (χ0v) is 23.8. The van der Waals surface area contributed by atoms with Crippen molar-refractivity contribution >= 4 is 21.8 Å². The zero-order chi connectivity index (χ0) is 28.3. The van der Waals surface area contributed by atoms with E-state index in [1.165, 1.54) is 31.9 Å². The fourth-order valence-electron chi connectivity index (χ4n) is 5.26. The number of anilines is 1. The van der Waals surface area contributed by atoms with Crippen molar-refractivity contribution < 1.29 is 22.2 Å². The lowest BCUT2D eigenvalue weighted by molar-refractivity contribution is -0.130. The Morgan fingerprint density at radius 1 is 1.10 bits per heavy atom. The first kappa shape index (κ1) is 27.6. The molecule has 9 nitrogen and oxygen atoms in total. The Morgan fingerprint density at radius 3 is 2.58 bits per heavy atom. The van der Waals surface area contributed by atoms with Gasteiger partial charge in [0, 0.05) is 36.7 Å². The first-order valence-corrected chi connectivity index (χ1v) is 15.0. The largest absolute Gasteiger partial charge is 0.445 e. The van der Waals surface area contributed by atoms with Gasteiger partial charge >= 0.3 is 0 Å². The van der Waals surface area contributed by atoms with Crippen LogP contribution in [0.4, 0.5) is 5.88 Å². The quantitative estimate of drug-likeness (QED) is 0.239. The average Bonchev–Trinajstić information content (AvgIpc) is 3.73. The van der Waals surface area contributed by atoms with Crippen molar-refractivity contribution in [1.82, 2.24) is 15.0 Å². The number of carbonyl (C=O) groups is 1. The number of amides is 1. The number of aryl methyl sites for hydroxylation is 1. The molecule has 0 saturated heterocycles. The van der Waals surface area contributed by atoms with Crippen LogP contribution in [0.1, 0.15) is 55.3 Å². The highest BCUT2D eigenvalue weighted by Crippen LogP contribution is 2.35. The molecule has 1 N–H and O–H groups in total. The Bertz CT molecular complexity index is 1590. The number of nitrogens with one attached hydrogen (secondary N) is 1. The lowest BCUT2D eigenvalue weighted by Gasteiger charge is -2.22. The van der Waals surface area contributed by atoms with E-state index >= 15 is 0 Å². The Balaban J connectivity index is 1.49. The van der Waals surface area contributed by atoms with Gasteiger partial charge in [0.25, 0.3) is 10.0 Å². The lowest BCUT2D eigenvalue weighted by Crippen LogP contribution is -2.26. The Labute approximate surface area is 234 Å². The summed E-state index contributed by atoms with van der Waals surface area (Å²) in [6.45, 7) is 3.79. The fourth-order valence-corrected chi connectivity index (χ4v) is 6.53. The number of benzene rings is 2.